The van der Waals surface area contributed by atoms with Gasteiger partial charge in [0.05, 0.1) is 6.04 Å². The van der Waals surface area contributed by atoms with Crippen molar-refractivity contribution in [3.8, 4) is 0 Å². The van der Waals surface area contributed by atoms with E-state index < -0.39 is 42.1 Å². The van der Waals surface area contributed by atoms with Gasteiger partial charge in [0.25, 0.3) is 0 Å². The second-order valence-corrected chi connectivity index (χ2v) is 9.70. The number of carbonyl (C=O) groups excluding carboxylic acids is 1. The van der Waals surface area contributed by atoms with Crippen LogP contribution in [0.25, 0.3) is 0 Å². The zero-order valence-corrected chi connectivity index (χ0v) is 16.0. The maximum atomic E-state index is 12.6. The molecule has 144 valence electrons. The van der Waals surface area contributed by atoms with Crippen LogP contribution in [0, 0.1) is 0 Å². The number of likely N-dealkylation sites (tertiary alicyclic amines) is 1. The molecule has 0 spiro atoms. The predicted octanol–water partition coefficient (Wildman–Crippen LogP) is 2.42. The number of imide groups is 1. The summed E-state index contributed by atoms with van der Waals surface area (Å²) in [5.74, 6) is -0.716. The van der Waals surface area contributed by atoms with Crippen LogP contribution >= 0.6 is 7.37 Å². The van der Waals surface area contributed by atoms with Crippen LogP contribution in [0.5, 0.6) is 0 Å². The van der Waals surface area contributed by atoms with Crippen LogP contribution in [0.15, 0.2) is 30.3 Å². The van der Waals surface area contributed by atoms with E-state index in [0.29, 0.717) is 12.8 Å². The van der Waals surface area contributed by atoms with Gasteiger partial charge < -0.3 is 15.7 Å². The summed E-state index contributed by atoms with van der Waals surface area (Å²) >= 11 is 0. The topological polar surface area (TPSA) is 118 Å². The highest BCUT2D eigenvalue weighted by molar-refractivity contribution is 7.58. The van der Waals surface area contributed by atoms with E-state index in [0.717, 1.165) is 18.4 Å². The first-order chi connectivity index (χ1) is 12.2. The highest BCUT2D eigenvalue weighted by Crippen LogP contribution is 2.43. The normalized spacial score (nSPS) is 27.8. The minimum atomic E-state index is -3.72. The van der Waals surface area contributed by atoms with E-state index in [1.54, 1.807) is 6.92 Å². The number of benzene rings is 1. The molecule has 1 aromatic rings. The SMILES string of the molecule is CC1CC(N)C[N@@+]1(C(=O)O)C(=O)CP(=O)(O)CCCCc1ccccc1. The molecular formula is C18H28N2O5P+. The van der Waals surface area contributed by atoms with E-state index in [2.05, 4.69) is 0 Å². The van der Waals surface area contributed by atoms with Crippen LogP contribution in [0.1, 0.15) is 31.7 Å². The standard InChI is InChI=1S/C18H27N2O5P/c1-14-11-16(19)12-20(14,18(22)23)17(21)13-26(24,25)10-6-5-9-15-7-3-2-4-8-15/h2-4,7-8,14,16H,5-6,9-13,19H2,1H3,(H-,22,23,24,25)/p+1/t14?,16?,20-/m0/s1. The van der Waals surface area contributed by atoms with Crippen molar-refractivity contribution in [2.45, 2.75) is 44.7 Å². The van der Waals surface area contributed by atoms with Gasteiger partial charge in [0, 0.05) is 12.6 Å². The van der Waals surface area contributed by atoms with E-state index in [4.69, 9.17) is 5.73 Å². The molecule has 0 aliphatic carbocycles. The molecular weight excluding hydrogens is 355 g/mol. The number of carbonyl (C=O) groups is 2. The lowest BCUT2D eigenvalue weighted by Gasteiger charge is -2.30. The molecule has 0 aromatic heterocycles. The Morgan fingerprint density at radius 2 is 1.92 bits per heavy atom. The number of amides is 2. The number of quaternary nitrogens is 1. The van der Waals surface area contributed by atoms with Gasteiger partial charge in [-0.05, 0) is 31.7 Å². The third-order valence-electron chi connectivity index (χ3n) is 5.15. The largest absolute Gasteiger partial charge is 0.521 e. The maximum Gasteiger partial charge on any atom is 0.521 e. The molecule has 1 heterocycles. The van der Waals surface area contributed by atoms with Crippen molar-refractivity contribution in [2.75, 3.05) is 18.9 Å². The van der Waals surface area contributed by atoms with Crippen molar-refractivity contribution in [1.82, 2.24) is 0 Å². The molecule has 4 N–H and O–H groups in total. The number of nitrogens with zero attached hydrogens (tertiary/aromatic N) is 1. The van der Waals surface area contributed by atoms with E-state index >= 15 is 0 Å². The van der Waals surface area contributed by atoms with Crippen molar-refractivity contribution in [1.29, 1.82) is 0 Å². The quantitative estimate of drug-likeness (QED) is 0.378. The maximum absolute atomic E-state index is 12.6. The monoisotopic (exact) mass is 383 g/mol. The fraction of sp³-hybridized carbons (Fsp3) is 0.556. The molecule has 1 aliphatic heterocycles. The smallest absolute Gasteiger partial charge is 0.435 e. The Morgan fingerprint density at radius 1 is 1.27 bits per heavy atom. The van der Waals surface area contributed by atoms with Crippen LogP contribution < -0.4 is 5.73 Å². The predicted molar refractivity (Wildman–Crippen MR) is 99.2 cm³/mol. The first-order valence-electron chi connectivity index (χ1n) is 8.92. The zero-order valence-electron chi connectivity index (χ0n) is 15.1. The third kappa shape index (κ3) is 4.80. The van der Waals surface area contributed by atoms with Gasteiger partial charge in [-0.25, -0.2) is 4.79 Å². The summed E-state index contributed by atoms with van der Waals surface area (Å²) in [6, 6.07) is 8.94. The summed E-state index contributed by atoms with van der Waals surface area (Å²) in [4.78, 5) is 34.6. The number of unbranched alkanes of at least 4 members (excludes halogenated alkanes) is 1. The molecule has 1 fully saturated rings. The summed E-state index contributed by atoms with van der Waals surface area (Å²) in [6.45, 7) is 1.63. The van der Waals surface area contributed by atoms with Crippen molar-refractivity contribution in [2.24, 2.45) is 5.73 Å². The van der Waals surface area contributed by atoms with E-state index in [1.807, 2.05) is 30.3 Å². The first kappa shape index (κ1) is 20.8. The Morgan fingerprint density at radius 3 is 2.46 bits per heavy atom. The van der Waals surface area contributed by atoms with Crippen molar-refractivity contribution in [3.63, 3.8) is 0 Å². The molecule has 4 atom stereocenters. The molecule has 0 radical (unpaired) electrons. The Kier molecular flexibility index (Phi) is 6.74. The van der Waals surface area contributed by atoms with E-state index in [-0.39, 0.29) is 12.7 Å². The van der Waals surface area contributed by atoms with Crippen LogP contribution in [0.3, 0.4) is 0 Å². The van der Waals surface area contributed by atoms with Gasteiger partial charge in [0.15, 0.2) is 0 Å². The summed E-state index contributed by atoms with van der Waals surface area (Å²) in [5.41, 5.74) is 6.99. The van der Waals surface area contributed by atoms with E-state index in [9.17, 15) is 24.2 Å². The molecule has 2 rings (SSSR count). The average Bonchev–Trinajstić information content (AvgIpc) is 2.88. The number of nitrogens with two attached hydrogens (primary N) is 1. The third-order valence-corrected chi connectivity index (χ3v) is 6.93. The Labute approximate surface area is 153 Å². The molecule has 1 aliphatic rings. The zero-order chi connectivity index (χ0) is 19.4. The van der Waals surface area contributed by atoms with Crippen molar-refractivity contribution in [3.05, 3.63) is 35.9 Å². The minimum absolute atomic E-state index is 0.0195. The van der Waals surface area contributed by atoms with Gasteiger partial charge in [-0.1, -0.05) is 30.3 Å². The molecule has 1 saturated heterocycles. The Hall–Kier alpha value is -1.53. The van der Waals surface area contributed by atoms with Gasteiger partial charge in [0.1, 0.15) is 18.7 Å². The molecule has 0 saturated carbocycles. The van der Waals surface area contributed by atoms with Crippen molar-refractivity contribution >= 4 is 19.4 Å². The lowest BCUT2D eigenvalue weighted by Crippen LogP contribution is -2.60. The minimum Gasteiger partial charge on any atom is -0.435 e. The summed E-state index contributed by atoms with van der Waals surface area (Å²) in [6.07, 6.45) is 0.578. The second-order valence-electron chi connectivity index (χ2n) is 7.24. The van der Waals surface area contributed by atoms with Gasteiger partial charge in [0.2, 0.25) is 7.37 Å². The number of rotatable bonds is 7. The van der Waals surface area contributed by atoms with Gasteiger partial charge in [-0.3, -0.25) is 4.57 Å². The molecule has 26 heavy (non-hydrogen) atoms. The molecule has 1 aromatic carbocycles. The van der Waals surface area contributed by atoms with Crippen LogP contribution in [-0.2, 0) is 15.8 Å². The summed E-state index contributed by atoms with van der Waals surface area (Å²) in [5, 5.41) is 9.58. The average molecular weight is 383 g/mol. The Bertz CT molecular complexity index is 696. The number of aryl methyl sites for hydroxylation is 1. The lowest BCUT2D eigenvalue weighted by atomic mass is 10.1. The van der Waals surface area contributed by atoms with Gasteiger partial charge >= 0.3 is 12.0 Å². The summed E-state index contributed by atoms with van der Waals surface area (Å²) < 4.78 is 11.6. The van der Waals surface area contributed by atoms with Crippen molar-refractivity contribution < 1.29 is 28.6 Å². The molecule has 8 heteroatoms. The van der Waals surface area contributed by atoms with Crippen LogP contribution in [0.4, 0.5) is 4.79 Å². The van der Waals surface area contributed by atoms with E-state index in [1.165, 1.54) is 0 Å². The molecule has 0 bridgehead atoms. The van der Waals surface area contributed by atoms with Gasteiger partial charge in [-0.15, -0.1) is 0 Å². The highest BCUT2D eigenvalue weighted by atomic mass is 31.2. The van der Waals surface area contributed by atoms with Crippen LogP contribution in [0.2, 0.25) is 0 Å². The number of carboxylic acid groups (broad SMARTS) is 1. The summed E-state index contributed by atoms with van der Waals surface area (Å²) in [7, 11) is -3.72. The Balaban J connectivity index is 1.91. The lowest BCUT2D eigenvalue weighted by molar-refractivity contribution is -0.791. The second kappa shape index (κ2) is 8.44. The van der Waals surface area contributed by atoms with Gasteiger partial charge in [-0.2, -0.15) is 9.28 Å². The molecule has 3 unspecified atom stereocenters. The fourth-order valence-corrected chi connectivity index (χ4v) is 5.26. The highest BCUT2D eigenvalue weighted by Gasteiger charge is 2.56. The van der Waals surface area contributed by atoms with Crippen LogP contribution in [-0.4, -0.2) is 57.4 Å². The molecule has 7 nitrogen and oxygen atoms in total. The molecule has 2 amide bonds. The fourth-order valence-electron chi connectivity index (χ4n) is 3.71. The number of hydrogen-bond acceptors (Lipinski definition) is 4. The number of hydrogen-bond donors (Lipinski definition) is 3. The first-order valence-corrected chi connectivity index (χ1v) is 11.0.